The first-order valence-corrected chi connectivity index (χ1v) is 7.06. The molecule has 0 saturated heterocycles. The lowest BCUT2D eigenvalue weighted by Crippen LogP contribution is -2.16. The summed E-state index contributed by atoms with van der Waals surface area (Å²) in [6.45, 7) is 0.980. The van der Waals surface area contributed by atoms with E-state index in [2.05, 4.69) is 41.7 Å². The quantitative estimate of drug-likeness (QED) is 0.800. The van der Waals surface area contributed by atoms with Gasteiger partial charge in [-0.3, -0.25) is 0 Å². The first kappa shape index (κ1) is 11.8. The Hall–Kier alpha value is -1.28. The maximum Gasteiger partial charge on any atom is 0.120 e. The summed E-state index contributed by atoms with van der Waals surface area (Å²) in [6.07, 6.45) is 10.9. The number of hydrogen-bond acceptors (Lipinski definition) is 2. The zero-order valence-electron chi connectivity index (χ0n) is 10.8. The molecule has 0 heterocycles. The highest BCUT2D eigenvalue weighted by Gasteiger charge is 2.19. The van der Waals surface area contributed by atoms with Crippen LogP contribution in [0.25, 0.3) is 0 Å². The molecule has 1 aromatic rings. The summed E-state index contributed by atoms with van der Waals surface area (Å²) in [7, 11) is 0. The van der Waals surface area contributed by atoms with Crippen LogP contribution in [-0.4, -0.2) is 12.1 Å². The molecule has 1 saturated carbocycles. The van der Waals surface area contributed by atoms with Crippen LogP contribution in [0.15, 0.2) is 36.4 Å². The number of benzene rings is 1. The van der Waals surface area contributed by atoms with E-state index >= 15 is 0 Å². The second-order valence-electron chi connectivity index (χ2n) is 5.31. The molecule has 18 heavy (non-hydrogen) atoms. The van der Waals surface area contributed by atoms with Gasteiger partial charge >= 0.3 is 0 Å². The molecule has 2 aliphatic carbocycles. The van der Waals surface area contributed by atoms with E-state index in [1.165, 1.54) is 31.2 Å². The fourth-order valence-corrected chi connectivity index (χ4v) is 2.29. The lowest BCUT2D eigenvalue weighted by molar-refractivity contribution is 0.230. The van der Waals surface area contributed by atoms with E-state index in [-0.39, 0.29) is 6.10 Å². The van der Waals surface area contributed by atoms with Crippen LogP contribution in [0.1, 0.15) is 37.7 Å². The summed E-state index contributed by atoms with van der Waals surface area (Å²) < 4.78 is 5.94. The van der Waals surface area contributed by atoms with Gasteiger partial charge in [0, 0.05) is 12.6 Å². The molecule has 3 rings (SSSR count). The van der Waals surface area contributed by atoms with Crippen LogP contribution in [0.2, 0.25) is 0 Å². The van der Waals surface area contributed by atoms with Crippen molar-refractivity contribution in [3.63, 3.8) is 0 Å². The molecule has 0 radical (unpaired) electrons. The molecule has 2 heteroatoms. The average Bonchev–Trinajstić information content (AvgIpc) is 3.23. The maximum atomic E-state index is 5.94. The minimum atomic E-state index is 0.272. The predicted molar refractivity (Wildman–Crippen MR) is 73.7 cm³/mol. The highest BCUT2D eigenvalue weighted by Crippen LogP contribution is 2.21. The van der Waals surface area contributed by atoms with Crippen molar-refractivity contribution in [2.75, 3.05) is 0 Å². The Morgan fingerprint density at radius 2 is 1.94 bits per heavy atom. The van der Waals surface area contributed by atoms with Crippen molar-refractivity contribution < 1.29 is 4.74 Å². The normalized spacial score (nSPS) is 23.0. The van der Waals surface area contributed by atoms with E-state index in [1.54, 1.807) is 0 Å². The van der Waals surface area contributed by atoms with Crippen molar-refractivity contribution in [1.29, 1.82) is 0 Å². The molecule has 0 amide bonds. The Kier molecular flexibility index (Phi) is 3.65. The van der Waals surface area contributed by atoms with Crippen molar-refractivity contribution >= 4 is 0 Å². The lowest BCUT2D eigenvalue weighted by Gasteiger charge is -2.18. The standard InChI is InChI=1S/C16H21NO/c1-2-4-15(5-3-1)18-16-10-6-13(7-11-16)12-17-14-8-9-14/h2,4,6-7,10-11,14-15,17H,1,3,5,8-9,12H2. The smallest absolute Gasteiger partial charge is 0.120 e. The molecule has 0 aromatic heterocycles. The summed E-state index contributed by atoms with van der Waals surface area (Å²) in [4.78, 5) is 0. The van der Waals surface area contributed by atoms with Crippen molar-refractivity contribution in [3.8, 4) is 5.75 Å². The van der Waals surface area contributed by atoms with Crippen LogP contribution >= 0.6 is 0 Å². The Bertz CT molecular complexity index is 406. The molecular formula is C16H21NO. The van der Waals surface area contributed by atoms with Crippen LogP contribution in [0, 0.1) is 0 Å². The summed E-state index contributed by atoms with van der Waals surface area (Å²) in [5.41, 5.74) is 1.34. The van der Waals surface area contributed by atoms with Crippen molar-refractivity contribution in [2.45, 2.75) is 50.8 Å². The van der Waals surface area contributed by atoms with Crippen LogP contribution in [0.3, 0.4) is 0 Å². The predicted octanol–water partition coefficient (Wildman–Crippen LogP) is 3.43. The zero-order valence-corrected chi connectivity index (χ0v) is 10.8. The van der Waals surface area contributed by atoms with Crippen molar-refractivity contribution in [3.05, 3.63) is 42.0 Å². The van der Waals surface area contributed by atoms with Gasteiger partial charge in [0.1, 0.15) is 11.9 Å². The number of allylic oxidation sites excluding steroid dienone is 1. The number of rotatable bonds is 5. The second-order valence-corrected chi connectivity index (χ2v) is 5.31. The van der Waals surface area contributed by atoms with Crippen molar-refractivity contribution in [1.82, 2.24) is 5.32 Å². The van der Waals surface area contributed by atoms with Gasteiger partial charge in [-0.25, -0.2) is 0 Å². The van der Waals surface area contributed by atoms with Crippen molar-refractivity contribution in [2.24, 2.45) is 0 Å². The number of ether oxygens (including phenoxy) is 1. The second kappa shape index (κ2) is 5.57. The van der Waals surface area contributed by atoms with Gasteiger partial charge in [0.2, 0.25) is 0 Å². The molecule has 2 aliphatic rings. The molecular weight excluding hydrogens is 222 g/mol. The number of nitrogens with one attached hydrogen (secondary N) is 1. The number of hydrogen-bond donors (Lipinski definition) is 1. The van der Waals surface area contributed by atoms with Gasteiger partial charge in [-0.05, 0) is 55.9 Å². The Morgan fingerprint density at radius 1 is 1.11 bits per heavy atom. The highest BCUT2D eigenvalue weighted by atomic mass is 16.5. The van der Waals surface area contributed by atoms with Crippen LogP contribution in [0.4, 0.5) is 0 Å². The van der Waals surface area contributed by atoms with Gasteiger partial charge in [-0.1, -0.05) is 18.2 Å². The molecule has 0 bridgehead atoms. The van der Waals surface area contributed by atoms with Gasteiger partial charge in [0.15, 0.2) is 0 Å². The molecule has 1 aromatic carbocycles. The third-order valence-electron chi connectivity index (χ3n) is 3.59. The van der Waals surface area contributed by atoms with E-state index in [4.69, 9.17) is 4.74 Å². The third-order valence-corrected chi connectivity index (χ3v) is 3.59. The van der Waals surface area contributed by atoms with Gasteiger partial charge in [-0.15, -0.1) is 0 Å². The zero-order chi connectivity index (χ0) is 12.2. The van der Waals surface area contributed by atoms with Gasteiger partial charge in [0.25, 0.3) is 0 Å². The van der Waals surface area contributed by atoms with E-state index in [0.717, 1.165) is 24.8 Å². The molecule has 1 atom stereocenters. The topological polar surface area (TPSA) is 21.3 Å². The molecule has 1 fully saturated rings. The summed E-state index contributed by atoms with van der Waals surface area (Å²) >= 11 is 0. The highest BCUT2D eigenvalue weighted by molar-refractivity contribution is 5.28. The first-order chi connectivity index (χ1) is 8.90. The molecule has 2 nitrogen and oxygen atoms in total. The van der Waals surface area contributed by atoms with Crippen LogP contribution < -0.4 is 10.1 Å². The Morgan fingerprint density at radius 3 is 2.61 bits per heavy atom. The SMILES string of the molecule is C1=CC(Oc2ccc(CNC3CC3)cc2)CCC1. The minimum Gasteiger partial charge on any atom is -0.486 e. The Labute approximate surface area is 109 Å². The van der Waals surface area contributed by atoms with Gasteiger partial charge < -0.3 is 10.1 Å². The van der Waals surface area contributed by atoms with Crippen LogP contribution in [-0.2, 0) is 6.54 Å². The third kappa shape index (κ3) is 3.36. The monoisotopic (exact) mass is 243 g/mol. The lowest BCUT2D eigenvalue weighted by atomic mass is 10.1. The van der Waals surface area contributed by atoms with E-state index in [9.17, 15) is 0 Å². The summed E-state index contributed by atoms with van der Waals surface area (Å²) in [5.74, 6) is 0.988. The van der Waals surface area contributed by atoms with E-state index in [0.29, 0.717) is 0 Å². The van der Waals surface area contributed by atoms with E-state index in [1.807, 2.05) is 0 Å². The molecule has 96 valence electrons. The van der Waals surface area contributed by atoms with Gasteiger partial charge in [0.05, 0.1) is 0 Å². The Balaban J connectivity index is 1.52. The molecule has 0 aliphatic heterocycles. The fourth-order valence-electron chi connectivity index (χ4n) is 2.29. The van der Waals surface area contributed by atoms with E-state index < -0.39 is 0 Å². The fraction of sp³-hybridized carbons (Fsp3) is 0.500. The average molecular weight is 243 g/mol. The van der Waals surface area contributed by atoms with Crippen LogP contribution in [0.5, 0.6) is 5.75 Å². The van der Waals surface area contributed by atoms with Gasteiger partial charge in [-0.2, -0.15) is 0 Å². The molecule has 0 spiro atoms. The molecule has 1 unspecified atom stereocenters. The minimum absolute atomic E-state index is 0.272. The summed E-state index contributed by atoms with van der Waals surface area (Å²) in [6, 6.07) is 9.28. The summed E-state index contributed by atoms with van der Waals surface area (Å²) in [5, 5.41) is 3.52. The largest absolute Gasteiger partial charge is 0.486 e. The first-order valence-electron chi connectivity index (χ1n) is 7.06. The molecule has 1 N–H and O–H groups in total. The maximum absolute atomic E-state index is 5.94.